The number of hydrogen-bond acceptors (Lipinski definition) is 6. The molecule has 0 spiro atoms. The maximum Gasteiger partial charge on any atom is 0.397 e. The first-order valence-electron chi connectivity index (χ1n) is 8.41. The Labute approximate surface area is 149 Å². The first-order chi connectivity index (χ1) is 11.8. The Morgan fingerprint density at radius 3 is 2.28 bits per heavy atom. The summed E-state index contributed by atoms with van der Waals surface area (Å²) in [5.74, 6) is 0.379. The van der Waals surface area contributed by atoms with E-state index >= 15 is 0 Å². The minimum absolute atomic E-state index is 0.158. The van der Waals surface area contributed by atoms with E-state index in [9.17, 15) is 18.1 Å². The second kappa shape index (κ2) is 8.46. The third-order valence-corrected chi connectivity index (χ3v) is 5.40. The molecular weight excluding hydrogens is 346 g/mol. The minimum atomic E-state index is -4.60. The van der Waals surface area contributed by atoms with Crippen LogP contribution in [0.25, 0.3) is 0 Å². The number of aliphatic hydroxyl groups is 1. The van der Waals surface area contributed by atoms with Crippen molar-refractivity contribution >= 4 is 10.4 Å². The van der Waals surface area contributed by atoms with Crippen molar-refractivity contribution in [3.05, 3.63) is 29.8 Å². The molecule has 1 aliphatic carbocycles. The molecule has 1 atom stereocenters. The van der Waals surface area contributed by atoms with E-state index in [-0.39, 0.29) is 12.6 Å². The Balaban J connectivity index is 2.44. The van der Waals surface area contributed by atoms with Gasteiger partial charge >= 0.3 is 10.4 Å². The van der Waals surface area contributed by atoms with Gasteiger partial charge < -0.3 is 9.84 Å². The minimum Gasteiger partial charge on any atom is -0.497 e. The molecule has 0 bridgehead atoms. The third kappa shape index (κ3) is 5.39. The van der Waals surface area contributed by atoms with Crippen LogP contribution in [0.2, 0.25) is 0 Å². The Kier molecular flexibility index (Phi) is 6.81. The van der Waals surface area contributed by atoms with Gasteiger partial charge in [0.05, 0.1) is 19.4 Å². The molecule has 1 aromatic carbocycles. The van der Waals surface area contributed by atoms with Gasteiger partial charge in [0.1, 0.15) is 5.75 Å². The lowest BCUT2D eigenvalue weighted by molar-refractivity contribution is -0.0149. The average molecular weight is 373 g/mol. The zero-order valence-corrected chi connectivity index (χ0v) is 15.5. The van der Waals surface area contributed by atoms with Gasteiger partial charge in [-0.3, -0.25) is 9.45 Å². The van der Waals surface area contributed by atoms with Crippen LogP contribution in [0.1, 0.15) is 43.6 Å². The van der Waals surface area contributed by atoms with Gasteiger partial charge in [-0.2, -0.15) is 8.42 Å². The van der Waals surface area contributed by atoms with Crippen molar-refractivity contribution in [2.24, 2.45) is 0 Å². The quantitative estimate of drug-likeness (QED) is 0.532. The highest BCUT2D eigenvalue weighted by atomic mass is 32.3. The Hall–Kier alpha value is -1.19. The molecule has 0 aliphatic heterocycles. The fourth-order valence-corrected chi connectivity index (χ4v) is 4.33. The molecule has 142 valence electrons. The highest BCUT2D eigenvalue weighted by Crippen LogP contribution is 2.44. The normalized spacial score (nSPS) is 18.9. The molecule has 0 aromatic heterocycles. The lowest BCUT2D eigenvalue weighted by Gasteiger charge is -2.43. The number of hydrogen-bond donors (Lipinski definition) is 2. The third-order valence-electron chi connectivity index (χ3n) is 4.86. The van der Waals surface area contributed by atoms with Crippen LogP contribution < -0.4 is 4.74 Å². The van der Waals surface area contributed by atoms with Gasteiger partial charge in [0, 0.05) is 12.5 Å². The number of likely N-dealkylation sites (N-methyl/N-ethyl adjacent to an activating group) is 1. The molecule has 1 saturated carbocycles. The average Bonchev–Trinajstić information content (AvgIpc) is 2.58. The predicted octanol–water partition coefficient (Wildman–Crippen LogP) is 2.18. The van der Waals surface area contributed by atoms with E-state index in [1.165, 1.54) is 0 Å². The predicted molar refractivity (Wildman–Crippen MR) is 93.9 cm³/mol. The lowest BCUT2D eigenvalue weighted by atomic mass is 9.72. The van der Waals surface area contributed by atoms with Gasteiger partial charge in [-0.15, -0.1) is 0 Å². The van der Waals surface area contributed by atoms with Gasteiger partial charge in [-0.1, -0.05) is 31.4 Å². The molecule has 1 unspecified atom stereocenters. The smallest absolute Gasteiger partial charge is 0.397 e. The fourth-order valence-electron chi connectivity index (χ4n) is 3.63. The Morgan fingerprint density at radius 2 is 1.80 bits per heavy atom. The van der Waals surface area contributed by atoms with Crippen LogP contribution in [0, 0.1) is 0 Å². The summed E-state index contributed by atoms with van der Waals surface area (Å²) in [5.41, 5.74) is -0.143. The lowest BCUT2D eigenvalue weighted by Crippen LogP contribution is -2.47. The van der Waals surface area contributed by atoms with Crippen LogP contribution >= 0.6 is 0 Å². The maximum absolute atomic E-state index is 11.5. The van der Waals surface area contributed by atoms with Gasteiger partial charge in [0.15, 0.2) is 0 Å². The monoisotopic (exact) mass is 373 g/mol. The van der Waals surface area contributed by atoms with Crippen molar-refractivity contribution in [1.82, 2.24) is 4.90 Å². The zero-order valence-electron chi connectivity index (χ0n) is 14.7. The van der Waals surface area contributed by atoms with Crippen molar-refractivity contribution in [2.45, 2.75) is 43.6 Å². The second-order valence-electron chi connectivity index (χ2n) is 6.64. The number of methoxy groups -OCH3 is 1. The highest BCUT2D eigenvalue weighted by Gasteiger charge is 2.45. The van der Waals surface area contributed by atoms with Crippen LogP contribution in [0.15, 0.2) is 24.3 Å². The van der Waals surface area contributed by atoms with Crippen molar-refractivity contribution in [3.8, 4) is 5.75 Å². The topological polar surface area (TPSA) is 96.3 Å². The summed E-state index contributed by atoms with van der Waals surface area (Å²) in [5, 5.41) is 9.43. The van der Waals surface area contributed by atoms with Crippen LogP contribution in [0.4, 0.5) is 0 Å². The van der Waals surface area contributed by atoms with E-state index in [1.807, 2.05) is 24.3 Å². The van der Waals surface area contributed by atoms with E-state index in [2.05, 4.69) is 0 Å². The van der Waals surface area contributed by atoms with Gasteiger partial charge in [-0.25, -0.2) is 4.18 Å². The number of ether oxygens (including phenoxy) is 1. The van der Waals surface area contributed by atoms with Gasteiger partial charge in [-0.05, 0) is 37.6 Å². The maximum atomic E-state index is 11.5. The molecule has 0 amide bonds. The summed E-state index contributed by atoms with van der Waals surface area (Å²) in [7, 11) is -1.27. The summed E-state index contributed by atoms with van der Waals surface area (Å²) >= 11 is 0. The molecule has 1 aliphatic rings. The van der Waals surface area contributed by atoms with Crippen LogP contribution in [0.5, 0.6) is 5.75 Å². The molecule has 1 fully saturated rings. The number of rotatable bonds is 8. The van der Waals surface area contributed by atoms with E-state index in [0.717, 1.165) is 24.8 Å². The van der Waals surface area contributed by atoms with Crippen molar-refractivity contribution in [3.63, 3.8) is 0 Å². The molecule has 1 aromatic rings. The van der Waals surface area contributed by atoms with E-state index < -0.39 is 16.0 Å². The molecule has 0 saturated heterocycles. The number of nitrogens with zero attached hydrogens (tertiary/aromatic N) is 1. The number of benzene rings is 1. The number of aliphatic hydroxyl groups excluding tert-OH is 1. The van der Waals surface area contributed by atoms with E-state index in [4.69, 9.17) is 8.92 Å². The second-order valence-corrected chi connectivity index (χ2v) is 7.66. The first-order valence-corrected chi connectivity index (χ1v) is 9.77. The SMILES string of the molecule is COc1ccc(C(CN(C)CO)C2(OS(=O)(=O)O)CCCCC2)cc1. The molecule has 2 N–H and O–H groups in total. The summed E-state index contributed by atoms with van der Waals surface area (Å²) < 4.78 is 42.9. The molecule has 0 heterocycles. The van der Waals surface area contributed by atoms with Crippen molar-refractivity contribution < 1.29 is 27.0 Å². The van der Waals surface area contributed by atoms with E-state index in [0.29, 0.717) is 25.1 Å². The molecule has 0 radical (unpaired) electrons. The largest absolute Gasteiger partial charge is 0.497 e. The summed E-state index contributed by atoms with van der Waals surface area (Å²) in [6, 6.07) is 7.37. The Bertz CT molecular complexity index is 640. The summed E-state index contributed by atoms with van der Waals surface area (Å²) in [6.45, 7) is 0.243. The molecule has 8 heteroatoms. The first kappa shape index (κ1) is 20.1. The molecule has 2 rings (SSSR count). The van der Waals surface area contributed by atoms with Gasteiger partial charge in [0.25, 0.3) is 0 Å². The summed E-state index contributed by atoms with van der Waals surface area (Å²) in [4.78, 5) is 1.69. The van der Waals surface area contributed by atoms with Crippen molar-refractivity contribution in [2.75, 3.05) is 27.4 Å². The molecule has 25 heavy (non-hydrogen) atoms. The zero-order chi connectivity index (χ0) is 18.5. The van der Waals surface area contributed by atoms with Crippen molar-refractivity contribution in [1.29, 1.82) is 0 Å². The standard InChI is InChI=1S/C17H27NO6S/c1-18(13-19)12-16(14-6-8-15(23-2)9-7-14)17(24-25(20,21)22)10-4-3-5-11-17/h6-9,16,19H,3-5,10-13H2,1-2H3,(H,20,21,22). The summed E-state index contributed by atoms with van der Waals surface area (Å²) in [6.07, 6.45) is 3.71. The van der Waals surface area contributed by atoms with Crippen LogP contribution in [-0.2, 0) is 14.6 Å². The highest BCUT2D eigenvalue weighted by molar-refractivity contribution is 7.80. The molecular formula is C17H27NO6S. The van der Waals surface area contributed by atoms with Gasteiger partial charge in [0.2, 0.25) is 0 Å². The van der Waals surface area contributed by atoms with Crippen LogP contribution in [0.3, 0.4) is 0 Å². The fraction of sp³-hybridized carbons (Fsp3) is 0.647. The molecule has 7 nitrogen and oxygen atoms in total. The van der Waals surface area contributed by atoms with E-state index in [1.54, 1.807) is 19.1 Å². The Morgan fingerprint density at radius 1 is 1.20 bits per heavy atom. The van der Waals surface area contributed by atoms with Crippen LogP contribution in [-0.4, -0.2) is 56.0 Å².